The van der Waals surface area contributed by atoms with Crippen LogP contribution >= 0.6 is 12.4 Å². The molecule has 1 aromatic heterocycles. The molecule has 19 heavy (non-hydrogen) atoms. The van der Waals surface area contributed by atoms with E-state index in [1.807, 2.05) is 12.1 Å². The summed E-state index contributed by atoms with van der Waals surface area (Å²) in [6.45, 7) is 0. The Kier molecular flexibility index (Phi) is 3.86. The van der Waals surface area contributed by atoms with Gasteiger partial charge in [-0.1, -0.05) is 30.3 Å². The van der Waals surface area contributed by atoms with Gasteiger partial charge >= 0.3 is 0 Å². The van der Waals surface area contributed by atoms with Crippen molar-refractivity contribution in [3.63, 3.8) is 0 Å². The van der Waals surface area contributed by atoms with Crippen LogP contribution in [0.5, 0.6) is 0 Å². The Morgan fingerprint density at radius 2 is 1.79 bits per heavy atom. The van der Waals surface area contributed by atoms with Crippen molar-refractivity contribution in [3.05, 3.63) is 53.2 Å². The first-order chi connectivity index (χ1) is 8.75. The predicted molar refractivity (Wildman–Crippen MR) is 80.0 cm³/mol. The van der Waals surface area contributed by atoms with Crippen molar-refractivity contribution in [2.24, 2.45) is 5.73 Å². The van der Waals surface area contributed by atoms with Gasteiger partial charge in [0.25, 0.3) is 0 Å². The van der Waals surface area contributed by atoms with Crippen LogP contribution in [0.1, 0.15) is 23.2 Å². The molecule has 1 heterocycles. The molecule has 0 unspecified atom stereocenters. The van der Waals surface area contributed by atoms with Gasteiger partial charge in [-0.05, 0) is 36.5 Å². The van der Waals surface area contributed by atoms with Crippen molar-refractivity contribution >= 4 is 18.2 Å². The van der Waals surface area contributed by atoms with Crippen LogP contribution in [-0.2, 0) is 12.8 Å². The van der Waals surface area contributed by atoms with E-state index in [2.05, 4.69) is 29.2 Å². The Morgan fingerprint density at radius 3 is 2.58 bits per heavy atom. The number of aryl methyl sites for hydroxylation is 2. The molecule has 0 spiro atoms. The van der Waals surface area contributed by atoms with Crippen molar-refractivity contribution in [3.8, 4) is 11.3 Å². The largest absolute Gasteiger partial charge is 0.382 e. The van der Waals surface area contributed by atoms with E-state index in [0.717, 1.165) is 25.0 Å². The van der Waals surface area contributed by atoms with E-state index in [1.165, 1.54) is 16.7 Å². The fraction of sp³-hybridized carbons (Fsp3) is 0.200. The molecule has 0 atom stereocenters. The maximum Gasteiger partial charge on any atom is 0.141 e. The van der Waals surface area contributed by atoms with Crippen LogP contribution in [0, 0.1) is 5.41 Å². The number of nitrogen functional groups attached to an aromatic ring is 1. The molecule has 0 saturated heterocycles. The van der Waals surface area contributed by atoms with Gasteiger partial charge in [-0.3, -0.25) is 5.41 Å². The van der Waals surface area contributed by atoms with E-state index in [1.54, 1.807) is 0 Å². The second kappa shape index (κ2) is 5.41. The SMILES string of the molecule is Cl.N=C(N)c1ccc2c(n1)-c1ccccc1CCC2. The molecule has 3 nitrogen and oxygen atoms in total. The monoisotopic (exact) mass is 273 g/mol. The number of pyridine rings is 1. The average molecular weight is 274 g/mol. The number of amidine groups is 1. The van der Waals surface area contributed by atoms with Gasteiger partial charge in [0.1, 0.15) is 11.5 Å². The number of halogens is 1. The molecule has 4 heteroatoms. The molecule has 0 amide bonds. The molecule has 0 fully saturated rings. The first-order valence-corrected chi connectivity index (χ1v) is 6.18. The van der Waals surface area contributed by atoms with E-state index in [-0.39, 0.29) is 18.2 Å². The minimum atomic E-state index is 0. The molecule has 0 aliphatic heterocycles. The molecule has 3 N–H and O–H groups in total. The fourth-order valence-corrected chi connectivity index (χ4v) is 2.51. The van der Waals surface area contributed by atoms with Gasteiger partial charge in [0.05, 0.1) is 5.69 Å². The van der Waals surface area contributed by atoms with E-state index in [9.17, 15) is 0 Å². The van der Waals surface area contributed by atoms with Gasteiger partial charge in [-0.15, -0.1) is 12.4 Å². The summed E-state index contributed by atoms with van der Waals surface area (Å²) in [5.74, 6) is 0.0273. The molecule has 1 aliphatic carbocycles. The van der Waals surface area contributed by atoms with Gasteiger partial charge in [-0.2, -0.15) is 0 Å². The maximum absolute atomic E-state index is 7.51. The second-order valence-corrected chi connectivity index (χ2v) is 4.63. The lowest BCUT2D eigenvalue weighted by molar-refractivity contribution is 0.833. The Hall–Kier alpha value is -1.87. The zero-order chi connectivity index (χ0) is 12.5. The molecule has 98 valence electrons. The summed E-state index contributed by atoms with van der Waals surface area (Å²) in [6.07, 6.45) is 3.27. The Labute approximate surface area is 118 Å². The average Bonchev–Trinajstić information content (AvgIpc) is 2.57. The normalized spacial score (nSPS) is 12.6. The summed E-state index contributed by atoms with van der Waals surface area (Å²) in [5, 5.41) is 7.51. The number of benzene rings is 1. The highest BCUT2D eigenvalue weighted by Gasteiger charge is 2.16. The second-order valence-electron chi connectivity index (χ2n) is 4.63. The topological polar surface area (TPSA) is 62.8 Å². The van der Waals surface area contributed by atoms with Crippen LogP contribution in [0.2, 0.25) is 0 Å². The lowest BCUT2D eigenvalue weighted by Gasteiger charge is -2.09. The van der Waals surface area contributed by atoms with Crippen LogP contribution in [-0.4, -0.2) is 10.8 Å². The molecule has 3 rings (SSSR count). The Bertz CT molecular complexity index is 623. The number of fused-ring (bicyclic) bond motifs is 3. The number of nitrogens with one attached hydrogen (secondary N) is 1. The van der Waals surface area contributed by atoms with Crippen molar-refractivity contribution < 1.29 is 0 Å². The highest BCUT2D eigenvalue weighted by Crippen LogP contribution is 2.30. The van der Waals surface area contributed by atoms with E-state index in [4.69, 9.17) is 11.1 Å². The standard InChI is InChI=1S/C15H15N3.ClH/c16-15(17)13-9-8-11-6-3-5-10-4-1-2-7-12(10)14(11)18-13;/h1-2,4,7-9H,3,5-6H2,(H3,16,17);1H. The first kappa shape index (κ1) is 13.6. The highest BCUT2D eigenvalue weighted by atomic mass is 35.5. The molecule has 2 aromatic rings. The lowest BCUT2D eigenvalue weighted by Crippen LogP contribution is -2.13. The number of nitrogens with two attached hydrogens (primary N) is 1. The van der Waals surface area contributed by atoms with Crippen molar-refractivity contribution in [2.75, 3.05) is 0 Å². The van der Waals surface area contributed by atoms with Crippen molar-refractivity contribution in [2.45, 2.75) is 19.3 Å². The number of hydrogen-bond donors (Lipinski definition) is 2. The van der Waals surface area contributed by atoms with Crippen molar-refractivity contribution in [1.82, 2.24) is 4.98 Å². The molecule has 0 radical (unpaired) electrons. The third kappa shape index (κ3) is 2.47. The summed E-state index contributed by atoms with van der Waals surface area (Å²) in [4.78, 5) is 4.56. The molecule has 0 bridgehead atoms. The van der Waals surface area contributed by atoms with Crippen molar-refractivity contribution in [1.29, 1.82) is 5.41 Å². The van der Waals surface area contributed by atoms with Gasteiger partial charge in [0.2, 0.25) is 0 Å². The maximum atomic E-state index is 7.51. The minimum absolute atomic E-state index is 0. The zero-order valence-corrected chi connectivity index (χ0v) is 11.3. The van der Waals surface area contributed by atoms with Crippen LogP contribution < -0.4 is 5.73 Å². The van der Waals surface area contributed by atoms with Crippen LogP contribution in [0.25, 0.3) is 11.3 Å². The third-order valence-corrected chi connectivity index (χ3v) is 3.42. The summed E-state index contributed by atoms with van der Waals surface area (Å²) < 4.78 is 0. The lowest BCUT2D eigenvalue weighted by atomic mass is 10.0. The molecule has 1 aromatic carbocycles. The van der Waals surface area contributed by atoms with E-state index in [0.29, 0.717) is 5.69 Å². The summed E-state index contributed by atoms with van der Waals surface area (Å²) in [7, 11) is 0. The Morgan fingerprint density at radius 1 is 1.05 bits per heavy atom. The fourth-order valence-electron chi connectivity index (χ4n) is 2.51. The first-order valence-electron chi connectivity index (χ1n) is 6.18. The molecular formula is C15H16ClN3. The van der Waals surface area contributed by atoms with E-state index < -0.39 is 0 Å². The smallest absolute Gasteiger partial charge is 0.141 e. The number of aromatic nitrogens is 1. The third-order valence-electron chi connectivity index (χ3n) is 3.42. The zero-order valence-electron chi connectivity index (χ0n) is 10.5. The highest BCUT2D eigenvalue weighted by molar-refractivity contribution is 5.93. The van der Waals surface area contributed by atoms with Crippen LogP contribution in [0.3, 0.4) is 0 Å². The summed E-state index contributed by atoms with van der Waals surface area (Å²) >= 11 is 0. The van der Waals surface area contributed by atoms with Gasteiger partial charge < -0.3 is 5.73 Å². The number of hydrogen-bond acceptors (Lipinski definition) is 2. The molecule has 0 saturated carbocycles. The summed E-state index contributed by atoms with van der Waals surface area (Å²) in [6, 6.07) is 12.3. The quantitative estimate of drug-likeness (QED) is 0.620. The van der Waals surface area contributed by atoms with Gasteiger partial charge in [0.15, 0.2) is 0 Å². The minimum Gasteiger partial charge on any atom is -0.382 e. The number of nitrogens with zero attached hydrogens (tertiary/aromatic N) is 1. The predicted octanol–water partition coefficient (Wildman–Crippen LogP) is 2.94. The number of rotatable bonds is 1. The Balaban J connectivity index is 0.00000133. The van der Waals surface area contributed by atoms with Gasteiger partial charge in [0, 0.05) is 5.56 Å². The molecule has 1 aliphatic rings. The summed E-state index contributed by atoms with van der Waals surface area (Å²) in [5.41, 5.74) is 10.9. The molecular weight excluding hydrogens is 258 g/mol. The van der Waals surface area contributed by atoms with Crippen LogP contribution in [0.4, 0.5) is 0 Å². The van der Waals surface area contributed by atoms with E-state index >= 15 is 0 Å². The van der Waals surface area contributed by atoms with Gasteiger partial charge in [-0.25, -0.2) is 4.98 Å². The van der Waals surface area contributed by atoms with Crippen LogP contribution in [0.15, 0.2) is 36.4 Å².